The third kappa shape index (κ3) is 4.45. The van der Waals surface area contributed by atoms with Gasteiger partial charge in [-0.15, -0.1) is 0 Å². The fourth-order valence-electron chi connectivity index (χ4n) is 8.70. The summed E-state index contributed by atoms with van der Waals surface area (Å²) in [6.07, 6.45) is 8.53. The Labute approximate surface area is 265 Å². The first-order valence-electron chi connectivity index (χ1n) is 16.3. The van der Waals surface area contributed by atoms with Crippen molar-refractivity contribution < 1.29 is 29.3 Å². The van der Waals surface area contributed by atoms with Crippen molar-refractivity contribution in [2.75, 3.05) is 26.2 Å². The number of phenolic OH excluding ortho intramolecular Hbond substituents is 2. The standard InChI is InChI=1S/C38H43NO6/c1-22(2)10-11-26-31(40)19-32(41)33-34(42)29-18-27-28(20-39-16-13-25(14-17-39)24-8-6-5-7-9-24)30-21-44-37(36(27)43,15-12-23(3)4)38(29,30)45-35(26)33/h5-10,12,18-19,25,27-28,30,40-41H,11,13-17,20-21H2,1-4H3. The number of benzene rings is 2. The molecule has 2 N–H and O–H groups in total. The number of ether oxygens (including phenoxy) is 2. The highest BCUT2D eigenvalue weighted by Gasteiger charge is 2.79. The number of rotatable bonds is 7. The van der Waals surface area contributed by atoms with Crippen molar-refractivity contribution in [3.8, 4) is 17.2 Å². The number of piperidine rings is 1. The van der Waals surface area contributed by atoms with Crippen molar-refractivity contribution in [2.45, 2.75) is 70.5 Å². The van der Waals surface area contributed by atoms with Gasteiger partial charge in [-0.1, -0.05) is 59.7 Å². The largest absolute Gasteiger partial charge is 0.507 e. The van der Waals surface area contributed by atoms with E-state index in [-0.39, 0.29) is 46.2 Å². The van der Waals surface area contributed by atoms with Gasteiger partial charge >= 0.3 is 0 Å². The van der Waals surface area contributed by atoms with E-state index >= 15 is 0 Å². The first-order valence-corrected chi connectivity index (χ1v) is 16.3. The van der Waals surface area contributed by atoms with Gasteiger partial charge in [0, 0.05) is 42.0 Å². The fourth-order valence-corrected chi connectivity index (χ4v) is 8.70. The Bertz CT molecular complexity index is 1640. The third-order valence-corrected chi connectivity index (χ3v) is 11.0. The van der Waals surface area contributed by atoms with Crippen molar-refractivity contribution in [1.29, 1.82) is 0 Å². The van der Waals surface area contributed by atoms with Crippen LogP contribution in [0.2, 0.25) is 0 Å². The second-order valence-corrected chi connectivity index (χ2v) is 14.1. The Morgan fingerprint density at radius 2 is 1.71 bits per heavy atom. The molecule has 0 amide bonds. The molecule has 3 aliphatic heterocycles. The summed E-state index contributed by atoms with van der Waals surface area (Å²) in [5.41, 5.74) is 1.67. The quantitative estimate of drug-likeness (QED) is 0.356. The van der Waals surface area contributed by atoms with Crippen LogP contribution < -0.4 is 4.74 Å². The molecule has 236 valence electrons. The highest BCUT2D eigenvalue weighted by molar-refractivity contribution is 6.18. The molecule has 8 rings (SSSR count). The van der Waals surface area contributed by atoms with Gasteiger partial charge in [0.2, 0.25) is 0 Å². The van der Waals surface area contributed by atoms with Crippen LogP contribution in [0.15, 0.2) is 71.3 Å². The van der Waals surface area contributed by atoms with Crippen molar-refractivity contribution in [3.05, 3.63) is 88.0 Å². The number of aromatic hydroxyl groups is 2. The molecule has 3 fully saturated rings. The molecule has 0 aromatic heterocycles. The SMILES string of the molecule is CC(C)=CCc1c(O)cc(O)c2c1OC13C(=CC4C(=O)C1(CC=C(C)C)OCC3C4CN1CCC(c3ccccc3)CC1)C2=O. The molecule has 4 bridgehead atoms. The lowest BCUT2D eigenvalue weighted by Gasteiger charge is -2.59. The maximum atomic E-state index is 14.7. The fraction of sp³-hybridized carbons (Fsp3) is 0.474. The molecule has 3 heterocycles. The summed E-state index contributed by atoms with van der Waals surface area (Å²) in [6.45, 7) is 10.8. The second-order valence-electron chi connectivity index (χ2n) is 14.1. The number of phenols is 2. The molecular formula is C38H43NO6. The minimum Gasteiger partial charge on any atom is -0.507 e. The van der Waals surface area contributed by atoms with E-state index in [0.29, 0.717) is 36.5 Å². The summed E-state index contributed by atoms with van der Waals surface area (Å²) in [7, 11) is 0. The second kappa shape index (κ2) is 11.0. The number of Topliss-reactive ketones (excluding diaryl/α,β-unsaturated/α-hetero) is 2. The van der Waals surface area contributed by atoms with E-state index < -0.39 is 17.1 Å². The van der Waals surface area contributed by atoms with Gasteiger partial charge < -0.3 is 24.6 Å². The van der Waals surface area contributed by atoms with Gasteiger partial charge in [-0.05, 0) is 77.4 Å². The first-order chi connectivity index (χ1) is 21.6. The molecule has 7 heteroatoms. The minimum atomic E-state index is -1.36. The first kappa shape index (κ1) is 30.0. The molecule has 1 spiro atoms. The van der Waals surface area contributed by atoms with Crippen molar-refractivity contribution in [2.24, 2.45) is 17.8 Å². The van der Waals surface area contributed by atoms with Crippen molar-refractivity contribution in [1.82, 2.24) is 4.90 Å². The molecule has 1 saturated carbocycles. The Hall–Kier alpha value is -3.68. The monoisotopic (exact) mass is 609 g/mol. The Morgan fingerprint density at radius 1 is 1.00 bits per heavy atom. The Morgan fingerprint density at radius 3 is 2.40 bits per heavy atom. The van der Waals surface area contributed by atoms with E-state index in [1.165, 1.54) is 11.6 Å². The number of nitrogens with zero attached hydrogens (tertiary/aromatic N) is 1. The van der Waals surface area contributed by atoms with Gasteiger partial charge in [0.05, 0.1) is 6.61 Å². The number of fused-ring (bicyclic) bond motifs is 1. The van der Waals surface area contributed by atoms with Crippen molar-refractivity contribution >= 4 is 11.6 Å². The highest BCUT2D eigenvalue weighted by Crippen LogP contribution is 2.66. The summed E-state index contributed by atoms with van der Waals surface area (Å²) in [4.78, 5) is 31.6. The van der Waals surface area contributed by atoms with Gasteiger partial charge in [-0.25, -0.2) is 0 Å². The van der Waals surface area contributed by atoms with Crippen LogP contribution in [0, 0.1) is 17.8 Å². The topological polar surface area (TPSA) is 96.3 Å². The summed E-state index contributed by atoms with van der Waals surface area (Å²) in [5, 5.41) is 22.0. The Balaban J connectivity index is 1.29. The summed E-state index contributed by atoms with van der Waals surface area (Å²) in [6, 6.07) is 11.9. The van der Waals surface area contributed by atoms with Crippen LogP contribution in [0.5, 0.6) is 17.2 Å². The van der Waals surface area contributed by atoms with Gasteiger partial charge in [0.25, 0.3) is 0 Å². The molecule has 45 heavy (non-hydrogen) atoms. The zero-order valence-electron chi connectivity index (χ0n) is 26.6. The van der Waals surface area contributed by atoms with Crippen LogP contribution in [0.4, 0.5) is 0 Å². The van der Waals surface area contributed by atoms with E-state index in [1.807, 2.05) is 45.9 Å². The summed E-state index contributed by atoms with van der Waals surface area (Å²) in [5.74, 6) is -0.947. The van der Waals surface area contributed by atoms with Crippen LogP contribution in [0.25, 0.3) is 0 Å². The molecule has 5 unspecified atom stereocenters. The Kier molecular flexibility index (Phi) is 7.33. The van der Waals surface area contributed by atoms with Gasteiger partial charge in [0.1, 0.15) is 22.8 Å². The van der Waals surface area contributed by atoms with Crippen LogP contribution in [0.3, 0.4) is 0 Å². The number of likely N-dealkylation sites (tertiary alicyclic amines) is 1. The van der Waals surface area contributed by atoms with Gasteiger partial charge in [-0.3, -0.25) is 9.59 Å². The number of hydrogen-bond donors (Lipinski definition) is 2. The number of carbonyl (C=O) groups is 2. The van der Waals surface area contributed by atoms with E-state index in [4.69, 9.17) is 9.47 Å². The number of ketones is 2. The van der Waals surface area contributed by atoms with Gasteiger partial charge in [0.15, 0.2) is 22.8 Å². The lowest BCUT2D eigenvalue weighted by molar-refractivity contribution is -0.171. The smallest absolute Gasteiger partial charge is 0.200 e. The van der Waals surface area contributed by atoms with Crippen LogP contribution in [-0.4, -0.2) is 64.1 Å². The minimum absolute atomic E-state index is 0.0341. The molecule has 2 saturated heterocycles. The molecule has 7 nitrogen and oxygen atoms in total. The number of allylic oxidation sites excluding steroid dienone is 4. The lowest BCUT2D eigenvalue weighted by atomic mass is 9.49. The predicted octanol–water partition coefficient (Wildman–Crippen LogP) is 6.30. The van der Waals surface area contributed by atoms with E-state index in [9.17, 15) is 19.8 Å². The third-order valence-electron chi connectivity index (χ3n) is 11.0. The van der Waals surface area contributed by atoms with E-state index in [1.54, 1.807) is 0 Å². The van der Waals surface area contributed by atoms with Gasteiger partial charge in [-0.2, -0.15) is 0 Å². The average molecular weight is 610 g/mol. The zero-order valence-corrected chi connectivity index (χ0v) is 26.6. The number of hydrogen-bond acceptors (Lipinski definition) is 7. The molecule has 6 aliphatic rings. The number of carbonyl (C=O) groups excluding carboxylic acids is 2. The van der Waals surface area contributed by atoms with Crippen molar-refractivity contribution in [3.63, 3.8) is 0 Å². The molecule has 5 atom stereocenters. The normalized spacial score (nSPS) is 30.3. The average Bonchev–Trinajstić information content (AvgIpc) is 3.30. The lowest BCUT2D eigenvalue weighted by Crippen LogP contribution is -2.74. The summed E-state index contributed by atoms with van der Waals surface area (Å²) >= 11 is 0. The molecular weight excluding hydrogens is 566 g/mol. The maximum absolute atomic E-state index is 14.7. The van der Waals surface area contributed by atoms with Crippen LogP contribution in [-0.2, 0) is 16.0 Å². The molecule has 2 aromatic carbocycles. The molecule has 2 aromatic rings. The maximum Gasteiger partial charge on any atom is 0.200 e. The highest BCUT2D eigenvalue weighted by atomic mass is 16.6. The van der Waals surface area contributed by atoms with Crippen LogP contribution >= 0.6 is 0 Å². The van der Waals surface area contributed by atoms with Crippen LogP contribution in [0.1, 0.15) is 74.4 Å². The summed E-state index contributed by atoms with van der Waals surface area (Å²) < 4.78 is 13.7. The molecule has 0 radical (unpaired) electrons. The predicted molar refractivity (Wildman–Crippen MR) is 172 cm³/mol. The van der Waals surface area contributed by atoms with E-state index in [2.05, 4.69) is 35.2 Å². The molecule has 3 aliphatic carbocycles. The van der Waals surface area contributed by atoms with E-state index in [0.717, 1.165) is 43.6 Å². The zero-order chi connectivity index (χ0) is 31.7.